The lowest BCUT2D eigenvalue weighted by Gasteiger charge is -2.33. The summed E-state index contributed by atoms with van der Waals surface area (Å²) in [7, 11) is 2.87. The van der Waals surface area contributed by atoms with E-state index >= 15 is 0 Å². The molecule has 113 heavy (non-hydrogen) atoms. The first-order chi connectivity index (χ1) is 54.4. The van der Waals surface area contributed by atoms with Gasteiger partial charge in [-0.2, -0.15) is 0 Å². The number of benzene rings is 3. The van der Waals surface area contributed by atoms with E-state index in [-0.39, 0.29) is 122 Å². The zero-order chi connectivity index (χ0) is 81.4. The monoisotopic (exact) mass is 1590 g/mol. The number of aliphatic hydroxyl groups is 2. The Labute approximate surface area is 658 Å². The number of carbonyl (C=O) groups excluding carboxylic acids is 10. The number of amides is 10. The number of aliphatic hydroxyl groups excluding tert-OH is 2. The second kappa shape index (κ2) is 45.6. The molecule has 35 nitrogen and oxygen atoms in total. The Morgan fingerprint density at radius 2 is 0.973 bits per heavy atom. The third-order valence-corrected chi connectivity index (χ3v) is 18.7. The van der Waals surface area contributed by atoms with Crippen LogP contribution < -0.4 is 50.0 Å². The van der Waals surface area contributed by atoms with E-state index in [9.17, 15) is 58.2 Å². The molecule has 0 aromatic heterocycles. The van der Waals surface area contributed by atoms with Crippen molar-refractivity contribution in [3.63, 3.8) is 0 Å². The number of hydrogen-bond acceptors (Lipinski definition) is 26. The van der Waals surface area contributed by atoms with Gasteiger partial charge in [0, 0.05) is 69.0 Å². The molecule has 5 heterocycles. The highest BCUT2D eigenvalue weighted by molar-refractivity contribution is 6.13. The summed E-state index contributed by atoms with van der Waals surface area (Å²) in [5, 5.41) is 34.4. The molecule has 6 atom stereocenters. The van der Waals surface area contributed by atoms with Crippen LogP contribution >= 0.6 is 0 Å². The van der Waals surface area contributed by atoms with E-state index in [0.717, 1.165) is 14.7 Å². The predicted octanol–water partition coefficient (Wildman–Crippen LogP) is 4.63. The number of ether oxygens (including phenoxy) is 14. The molecule has 35 heteroatoms. The first kappa shape index (κ1) is 89.3. The number of fused-ring (bicyclic) bond motifs is 4. The maximum absolute atomic E-state index is 14.3. The Balaban J connectivity index is 0.667. The van der Waals surface area contributed by atoms with Crippen LogP contribution in [0.4, 0.5) is 26.7 Å². The number of methoxy groups -OCH3 is 2. The molecule has 0 saturated carbocycles. The topological polar surface area (TPSA) is 405 Å². The van der Waals surface area contributed by atoms with Crippen LogP contribution in [0.1, 0.15) is 126 Å². The first-order valence-electron chi connectivity index (χ1n) is 38.5. The second-order valence-electron chi connectivity index (χ2n) is 28.4. The fourth-order valence-corrected chi connectivity index (χ4v) is 12.8. The Kier molecular flexibility index (Phi) is 36.0. The number of anilines is 3. The van der Waals surface area contributed by atoms with Crippen LogP contribution in [0.3, 0.4) is 0 Å². The van der Waals surface area contributed by atoms with Gasteiger partial charge < -0.3 is 108 Å². The minimum atomic E-state index is -1.49. The molecule has 2 fully saturated rings. The van der Waals surface area contributed by atoms with Gasteiger partial charge in [0.15, 0.2) is 35.5 Å². The van der Waals surface area contributed by atoms with Crippen molar-refractivity contribution in [2.24, 2.45) is 5.92 Å². The molecule has 0 spiro atoms. The van der Waals surface area contributed by atoms with Gasteiger partial charge >= 0.3 is 12.2 Å². The van der Waals surface area contributed by atoms with Crippen LogP contribution in [0.5, 0.6) is 23.0 Å². The minimum Gasteiger partial charge on any atom is -0.493 e. The molecule has 0 radical (unpaired) electrons. The molecule has 10 amide bonds. The summed E-state index contributed by atoms with van der Waals surface area (Å²) < 4.78 is 79.4. The number of nitrogens with zero attached hydrogens (tertiary/aromatic N) is 5. The van der Waals surface area contributed by atoms with E-state index in [1.165, 1.54) is 57.6 Å². The van der Waals surface area contributed by atoms with E-state index in [4.69, 9.17) is 66.3 Å². The van der Waals surface area contributed by atoms with Crippen molar-refractivity contribution >= 4 is 76.5 Å². The summed E-state index contributed by atoms with van der Waals surface area (Å²) in [4.78, 5) is 137. The molecule has 624 valence electrons. The van der Waals surface area contributed by atoms with E-state index in [1.54, 1.807) is 68.7 Å². The molecule has 6 N–H and O–H groups in total. The predicted molar refractivity (Wildman–Crippen MR) is 406 cm³/mol. The Hall–Kier alpha value is -9.30. The summed E-state index contributed by atoms with van der Waals surface area (Å²) in [6, 6.07) is 9.10. The van der Waals surface area contributed by atoms with Crippen LogP contribution in [0.25, 0.3) is 0 Å². The number of hydrogen-bond donors (Lipinski definition) is 6. The standard InChI is InChI=1S/C78H111N9O26/c1-51(2)69(82-66(89)23-30-102-32-34-104-36-38-106-40-42-108-44-45-109-43-41-107-39-37-105-35-33-103-31-24-79-65(88)22-27-85-67(90)20-21-68(85)91)71(93)80-52(3)70(92)81-54-18-16-53(17-19-54)50-112-76(98)86-59-48-63(61(100-7)46-55(59)72(94)83-25-12-14-57(83)74(86)96)110-28-10-9-11-29-111-64-49-60-56(47-62(64)101-8)73(95)84-26-13-15-58(84)75(97)87(60)77(99)113-78(4,5)6/h16-21,46-49,51-52,57-58,69,74-75,96-97H,9-15,22-45,50H2,1-8H3,(H,79,88)(H,80,93)(H,81,92)(H,82,89)/t52-,57-,58-,69-,74-,75-/m0/s1. The van der Waals surface area contributed by atoms with Gasteiger partial charge in [-0.3, -0.25) is 43.3 Å². The van der Waals surface area contributed by atoms with Crippen LogP contribution in [0.2, 0.25) is 0 Å². The van der Waals surface area contributed by atoms with Crippen molar-refractivity contribution < 1.29 is 124 Å². The summed E-state index contributed by atoms with van der Waals surface area (Å²) >= 11 is 0. The van der Waals surface area contributed by atoms with Crippen LogP contribution in [0.15, 0.2) is 60.7 Å². The number of imide groups is 1. The maximum atomic E-state index is 14.3. The van der Waals surface area contributed by atoms with E-state index in [0.29, 0.717) is 162 Å². The Morgan fingerprint density at radius 1 is 0.522 bits per heavy atom. The molecule has 5 aliphatic rings. The summed E-state index contributed by atoms with van der Waals surface area (Å²) in [5.41, 5.74) is 0.450. The minimum absolute atomic E-state index is 0.0215. The first-order valence-corrected chi connectivity index (χ1v) is 38.5. The maximum Gasteiger partial charge on any atom is 0.417 e. The van der Waals surface area contributed by atoms with Crippen molar-refractivity contribution in [3.05, 3.63) is 77.4 Å². The summed E-state index contributed by atoms with van der Waals surface area (Å²) in [6.45, 7) is 16.8. The number of unbranched alkanes of at least 4 members (excludes halogenated alkanes) is 2. The quantitative estimate of drug-likeness (QED) is 0.0331. The molecular weight excluding hydrogens is 1480 g/mol. The third-order valence-electron chi connectivity index (χ3n) is 18.7. The number of carbonyl (C=O) groups is 10. The third kappa shape index (κ3) is 26.9. The zero-order valence-corrected chi connectivity index (χ0v) is 65.9. The fourth-order valence-electron chi connectivity index (χ4n) is 12.8. The van der Waals surface area contributed by atoms with Crippen LogP contribution in [0, 0.1) is 5.92 Å². The van der Waals surface area contributed by atoms with E-state index in [2.05, 4.69) is 21.3 Å². The normalized spacial score (nSPS) is 17.7. The van der Waals surface area contributed by atoms with Gasteiger partial charge in [-0.1, -0.05) is 26.0 Å². The van der Waals surface area contributed by atoms with Crippen molar-refractivity contribution in [3.8, 4) is 23.0 Å². The lowest BCUT2D eigenvalue weighted by Crippen LogP contribution is -2.53. The van der Waals surface area contributed by atoms with Gasteiger partial charge in [0.2, 0.25) is 23.6 Å². The largest absolute Gasteiger partial charge is 0.493 e. The summed E-state index contributed by atoms with van der Waals surface area (Å²) in [5.74, 6) is -2.78. The molecular formula is C78H111N9O26. The van der Waals surface area contributed by atoms with Gasteiger partial charge in [-0.05, 0) is 108 Å². The van der Waals surface area contributed by atoms with Crippen LogP contribution in [-0.4, -0.2) is 286 Å². The molecule has 2 saturated heterocycles. The van der Waals surface area contributed by atoms with Crippen molar-refractivity contribution in [1.29, 1.82) is 0 Å². The van der Waals surface area contributed by atoms with Crippen LogP contribution in [-0.2, 0) is 82.7 Å². The van der Waals surface area contributed by atoms with Crippen molar-refractivity contribution in [2.45, 2.75) is 148 Å². The fraction of sp³-hybridized carbons (Fsp3) is 0.615. The molecule has 3 aromatic carbocycles. The Bertz CT molecular complexity index is 3670. The SMILES string of the molecule is COc1cc2c(cc1OCCCCCOc1cc3c(cc1OC)C(=O)N1CCC[C@H]1[C@H](O)N3C(=O)OC(C)(C)C)N(C(=O)OCc1ccc(NC(=O)[C@H](C)NC(=O)[C@@H](NC(=O)CCOCCOCCOCCOCCOCCOCCOCCOCCNC(=O)CCN3C(=O)C=CC3=O)C(C)C)cc1)[C@@H](O)[C@@H]1CCCN1C2=O. The van der Waals surface area contributed by atoms with Crippen molar-refractivity contribution in [2.75, 3.05) is 174 Å². The number of nitrogens with one attached hydrogen (secondary N) is 4. The van der Waals surface area contributed by atoms with Gasteiger partial charge in [0.25, 0.3) is 23.6 Å². The lowest BCUT2D eigenvalue weighted by molar-refractivity contribution is -0.137. The molecule has 8 rings (SSSR count). The highest BCUT2D eigenvalue weighted by Gasteiger charge is 2.48. The van der Waals surface area contributed by atoms with Gasteiger partial charge in [-0.15, -0.1) is 0 Å². The van der Waals surface area contributed by atoms with E-state index < -0.39 is 89.9 Å². The lowest BCUT2D eigenvalue weighted by atomic mass is 10.0. The van der Waals surface area contributed by atoms with E-state index in [1.807, 2.05) is 0 Å². The highest BCUT2D eigenvalue weighted by Crippen LogP contribution is 2.44. The van der Waals surface area contributed by atoms with Gasteiger partial charge in [-0.25, -0.2) is 19.4 Å². The number of rotatable bonds is 48. The molecule has 0 unspecified atom stereocenters. The molecule has 0 aliphatic carbocycles. The summed E-state index contributed by atoms with van der Waals surface area (Å²) in [6.07, 6.45) is 1.57. The average molecular weight is 1590 g/mol. The smallest absolute Gasteiger partial charge is 0.417 e. The molecule has 0 bridgehead atoms. The Morgan fingerprint density at radius 3 is 1.42 bits per heavy atom. The average Bonchev–Trinajstić information content (AvgIpc) is 1.64. The van der Waals surface area contributed by atoms with Crippen molar-refractivity contribution in [1.82, 2.24) is 30.7 Å². The second-order valence-corrected chi connectivity index (χ2v) is 28.4. The zero-order valence-electron chi connectivity index (χ0n) is 65.9. The molecule has 3 aromatic rings. The highest BCUT2D eigenvalue weighted by atomic mass is 16.6. The van der Waals surface area contributed by atoms with Gasteiger partial charge in [0.05, 0.1) is 168 Å². The van der Waals surface area contributed by atoms with Gasteiger partial charge in [0.1, 0.15) is 24.3 Å². The molecule has 5 aliphatic heterocycles.